The Morgan fingerprint density at radius 1 is 1.47 bits per heavy atom. The van der Waals surface area contributed by atoms with E-state index in [1.54, 1.807) is 0 Å². The molecular formula is C12H20BrN3O. The van der Waals surface area contributed by atoms with Crippen molar-refractivity contribution in [1.82, 2.24) is 15.1 Å². The summed E-state index contributed by atoms with van der Waals surface area (Å²) in [5.41, 5.74) is 1.94. The van der Waals surface area contributed by atoms with Crippen LogP contribution in [0.5, 0.6) is 0 Å². The maximum Gasteiger partial charge on any atom is 0.140 e. The highest BCUT2D eigenvalue weighted by atomic mass is 79.9. The van der Waals surface area contributed by atoms with Crippen LogP contribution in [-0.2, 0) is 17.8 Å². The minimum atomic E-state index is 0.251. The van der Waals surface area contributed by atoms with Gasteiger partial charge in [0.1, 0.15) is 5.78 Å². The summed E-state index contributed by atoms with van der Waals surface area (Å²) >= 11 is 3.50. The molecule has 0 spiro atoms. The van der Waals surface area contributed by atoms with Crippen molar-refractivity contribution in [3.63, 3.8) is 0 Å². The van der Waals surface area contributed by atoms with E-state index in [9.17, 15) is 4.79 Å². The number of Topliss-reactive ketones (excluding diaryl/α,β-unsaturated/α-hetero) is 1. The summed E-state index contributed by atoms with van der Waals surface area (Å²) in [6, 6.07) is 0. The number of nitrogens with one attached hydrogen (secondary N) is 1. The monoisotopic (exact) mass is 301 g/mol. The first-order chi connectivity index (χ1) is 8.10. The average molecular weight is 302 g/mol. The van der Waals surface area contributed by atoms with Crippen molar-refractivity contribution in [3.05, 3.63) is 15.9 Å². The summed E-state index contributed by atoms with van der Waals surface area (Å²) in [6.45, 7) is 8.47. The zero-order valence-corrected chi connectivity index (χ0v) is 12.3. The second kappa shape index (κ2) is 6.91. The Kier molecular flexibility index (Phi) is 5.85. The fourth-order valence-corrected chi connectivity index (χ4v) is 2.14. The molecule has 0 radical (unpaired) electrons. The zero-order valence-electron chi connectivity index (χ0n) is 10.7. The second-order valence-corrected chi connectivity index (χ2v) is 4.77. The summed E-state index contributed by atoms with van der Waals surface area (Å²) in [4.78, 5) is 11.8. The first kappa shape index (κ1) is 14.4. The molecule has 1 N–H and O–H groups in total. The molecule has 0 unspecified atom stereocenters. The van der Waals surface area contributed by atoms with Crippen LogP contribution in [-0.4, -0.2) is 28.7 Å². The topological polar surface area (TPSA) is 46.9 Å². The number of ketones is 1. The van der Waals surface area contributed by atoms with E-state index in [0.717, 1.165) is 35.5 Å². The molecule has 1 aromatic heterocycles. The van der Waals surface area contributed by atoms with Gasteiger partial charge in [-0.1, -0.05) is 6.92 Å². The number of halogens is 1. The normalized spacial score (nSPS) is 10.8. The molecule has 5 heteroatoms. The van der Waals surface area contributed by atoms with E-state index in [2.05, 4.69) is 26.3 Å². The quantitative estimate of drug-likeness (QED) is 0.785. The lowest BCUT2D eigenvalue weighted by Crippen LogP contribution is -2.19. The molecule has 0 saturated carbocycles. The third-order valence-electron chi connectivity index (χ3n) is 2.65. The van der Waals surface area contributed by atoms with Gasteiger partial charge >= 0.3 is 0 Å². The minimum absolute atomic E-state index is 0.251. The molecule has 0 fully saturated rings. The van der Waals surface area contributed by atoms with E-state index >= 15 is 0 Å². The minimum Gasteiger partial charge on any atom is -0.317 e. The molecule has 0 amide bonds. The van der Waals surface area contributed by atoms with Crippen molar-refractivity contribution in [2.45, 2.75) is 40.2 Å². The smallest absolute Gasteiger partial charge is 0.140 e. The first-order valence-corrected chi connectivity index (χ1v) is 6.83. The lowest BCUT2D eigenvalue weighted by Gasteiger charge is -2.05. The predicted octanol–water partition coefficient (Wildman–Crippen LogP) is 2.09. The molecule has 96 valence electrons. The Labute approximate surface area is 111 Å². The lowest BCUT2D eigenvalue weighted by atomic mass is 10.1. The Morgan fingerprint density at radius 2 is 2.18 bits per heavy atom. The Bertz CT molecular complexity index is 387. The van der Waals surface area contributed by atoms with E-state index in [1.165, 1.54) is 0 Å². The number of carbonyl (C=O) groups is 1. The molecule has 0 aliphatic heterocycles. The van der Waals surface area contributed by atoms with Crippen LogP contribution in [0.15, 0.2) is 4.47 Å². The largest absolute Gasteiger partial charge is 0.317 e. The predicted molar refractivity (Wildman–Crippen MR) is 72.2 cm³/mol. The highest BCUT2D eigenvalue weighted by Gasteiger charge is 2.15. The van der Waals surface area contributed by atoms with E-state index in [0.29, 0.717) is 12.8 Å². The Morgan fingerprint density at radius 3 is 2.76 bits per heavy atom. The third-order valence-corrected chi connectivity index (χ3v) is 3.68. The molecule has 1 aromatic rings. The summed E-state index contributed by atoms with van der Waals surface area (Å²) < 4.78 is 2.86. The van der Waals surface area contributed by atoms with E-state index in [4.69, 9.17) is 0 Å². The molecule has 0 atom stereocenters. The van der Waals surface area contributed by atoms with Crippen LogP contribution in [0.3, 0.4) is 0 Å². The molecule has 1 heterocycles. The summed E-state index contributed by atoms with van der Waals surface area (Å²) in [5, 5.41) is 7.54. The van der Waals surface area contributed by atoms with E-state index < -0.39 is 0 Å². The van der Waals surface area contributed by atoms with Gasteiger partial charge in [0.15, 0.2) is 0 Å². The maximum absolute atomic E-state index is 11.8. The fourth-order valence-electron chi connectivity index (χ4n) is 1.72. The molecule has 4 nitrogen and oxygen atoms in total. The summed E-state index contributed by atoms with van der Waals surface area (Å²) in [5.74, 6) is 0.251. The van der Waals surface area contributed by atoms with Crippen molar-refractivity contribution in [2.24, 2.45) is 0 Å². The van der Waals surface area contributed by atoms with E-state index in [1.807, 2.05) is 25.5 Å². The van der Waals surface area contributed by atoms with Crippen LogP contribution in [0.25, 0.3) is 0 Å². The second-order valence-electron chi connectivity index (χ2n) is 3.98. The molecule has 0 saturated heterocycles. The number of hydrogen-bond donors (Lipinski definition) is 1. The highest BCUT2D eigenvalue weighted by molar-refractivity contribution is 9.10. The van der Waals surface area contributed by atoms with Gasteiger partial charge in [-0.3, -0.25) is 9.48 Å². The molecule has 0 aliphatic carbocycles. The lowest BCUT2D eigenvalue weighted by molar-refractivity contribution is -0.118. The van der Waals surface area contributed by atoms with Crippen molar-refractivity contribution in [2.75, 3.05) is 13.1 Å². The van der Waals surface area contributed by atoms with Gasteiger partial charge < -0.3 is 5.32 Å². The van der Waals surface area contributed by atoms with E-state index in [-0.39, 0.29) is 5.78 Å². The Balaban J connectivity index is 2.64. The SMILES string of the molecule is CCNCCC(=O)Cc1c(Br)c(C)nn1CC. The van der Waals surface area contributed by atoms with Crippen LogP contribution in [0.4, 0.5) is 0 Å². The third kappa shape index (κ3) is 3.92. The number of nitrogens with zero attached hydrogens (tertiary/aromatic N) is 2. The number of carbonyl (C=O) groups excluding carboxylic acids is 1. The van der Waals surface area contributed by atoms with Crippen LogP contribution >= 0.6 is 15.9 Å². The number of rotatable bonds is 7. The zero-order chi connectivity index (χ0) is 12.8. The van der Waals surface area contributed by atoms with Crippen molar-refractivity contribution >= 4 is 21.7 Å². The summed E-state index contributed by atoms with van der Waals surface area (Å²) in [6.07, 6.45) is 1.04. The number of hydrogen-bond acceptors (Lipinski definition) is 3. The van der Waals surface area contributed by atoms with Gasteiger partial charge in [-0.15, -0.1) is 0 Å². The Hall–Kier alpha value is -0.680. The van der Waals surface area contributed by atoms with Crippen molar-refractivity contribution < 1.29 is 4.79 Å². The van der Waals surface area contributed by atoms with Gasteiger partial charge in [-0.2, -0.15) is 5.10 Å². The number of aromatic nitrogens is 2. The van der Waals surface area contributed by atoms with Gasteiger partial charge in [0.25, 0.3) is 0 Å². The van der Waals surface area contributed by atoms with Crippen molar-refractivity contribution in [3.8, 4) is 0 Å². The fraction of sp³-hybridized carbons (Fsp3) is 0.667. The molecule has 0 aliphatic rings. The maximum atomic E-state index is 11.8. The van der Waals surface area contributed by atoms with Crippen LogP contribution < -0.4 is 5.32 Å². The summed E-state index contributed by atoms with van der Waals surface area (Å²) in [7, 11) is 0. The molecular weight excluding hydrogens is 282 g/mol. The van der Waals surface area contributed by atoms with Crippen LogP contribution in [0.1, 0.15) is 31.7 Å². The number of aryl methyl sites for hydroxylation is 2. The van der Waals surface area contributed by atoms with Crippen molar-refractivity contribution in [1.29, 1.82) is 0 Å². The standard InChI is InChI=1S/C12H20BrN3O/c1-4-14-7-6-10(17)8-11-12(13)9(3)15-16(11)5-2/h14H,4-8H2,1-3H3. The highest BCUT2D eigenvalue weighted by Crippen LogP contribution is 2.21. The van der Waals surface area contributed by atoms with Gasteiger partial charge in [-0.25, -0.2) is 0 Å². The van der Waals surface area contributed by atoms with Gasteiger partial charge in [0, 0.05) is 25.9 Å². The molecule has 17 heavy (non-hydrogen) atoms. The van der Waals surface area contributed by atoms with Crippen LogP contribution in [0.2, 0.25) is 0 Å². The van der Waals surface area contributed by atoms with Gasteiger partial charge in [0.05, 0.1) is 15.9 Å². The average Bonchev–Trinajstić information content (AvgIpc) is 2.57. The molecule has 0 aromatic carbocycles. The molecule has 1 rings (SSSR count). The van der Waals surface area contributed by atoms with Gasteiger partial charge in [-0.05, 0) is 36.3 Å². The van der Waals surface area contributed by atoms with Gasteiger partial charge in [0.2, 0.25) is 0 Å². The van der Waals surface area contributed by atoms with Crippen LogP contribution in [0, 0.1) is 6.92 Å². The first-order valence-electron chi connectivity index (χ1n) is 6.04. The molecule has 0 bridgehead atoms.